The van der Waals surface area contributed by atoms with Crippen LogP contribution < -0.4 is 10.6 Å². The summed E-state index contributed by atoms with van der Waals surface area (Å²) in [6, 6.07) is 7.08. The van der Waals surface area contributed by atoms with E-state index in [1.54, 1.807) is 0 Å². The van der Waals surface area contributed by atoms with Crippen LogP contribution in [0.5, 0.6) is 0 Å². The van der Waals surface area contributed by atoms with Gasteiger partial charge in [-0.3, -0.25) is 4.79 Å². The molecule has 1 aromatic carbocycles. The lowest BCUT2D eigenvalue weighted by Gasteiger charge is -2.26. The van der Waals surface area contributed by atoms with Gasteiger partial charge in [0.1, 0.15) is 6.04 Å². The fraction of sp³-hybridized carbons (Fsp3) is 0.467. The number of hydrogen-bond donors (Lipinski definition) is 3. The molecule has 5 heteroatoms. The van der Waals surface area contributed by atoms with E-state index in [1.165, 1.54) is 0 Å². The standard InChI is InChI=1S/C15H20N2O3/c1-2-5-13(15(19)20)17-14(18)11-8-10-6-3-4-7-12(10)16-9-11/h3-4,6-7,11,13,16H,2,5,8-9H2,1H3,(H,17,18)(H,19,20)/t11?,13-/m1/s1. The van der Waals surface area contributed by atoms with Crippen LogP contribution >= 0.6 is 0 Å². The van der Waals surface area contributed by atoms with Crippen LogP contribution in [0.3, 0.4) is 0 Å². The SMILES string of the molecule is CCC[C@@H](NC(=O)C1CNc2ccccc2C1)C(=O)O. The number of carboxylic acids is 1. The van der Waals surface area contributed by atoms with E-state index in [1.807, 2.05) is 31.2 Å². The summed E-state index contributed by atoms with van der Waals surface area (Å²) in [5, 5.41) is 14.9. The predicted molar refractivity (Wildman–Crippen MR) is 76.6 cm³/mol. The van der Waals surface area contributed by atoms with Gasteiger partial charge in [0.15, 0.2) is 0 Å². The molecule has 0 aliphatic carbocycles. The predicted octanol–water partition coefficient (Wildman–Crippen LogP) is 1.64. The maximum absolute atomic E-state index is 12.2. The zero-order valence-corrected chi connectivity index (χ0v) is 11.6. The summed E-state index contributed by atoms with van der Waals surface area (Å²) >= 11 is 0. The first-order valence-corrected chi connectivity index (χ1v) is 6.96. The van der Waals surface area contributed by atoms with Crippen molar-refractivity contribution in [1.29, 1.82) is 0 Å². The number of anilines is 1. The number of aliphatic carboxylic acids is 1. The van der Waals surface area contributed by atoms with Crippen molar-refractivity contribution in [2.24, 2.45) is 5.92 Å². The molecule has 2 atom stereocenters. The number of para-hydroxylation sites is 1. The van der Waals surface area contributed by atoms with Crippen molar-refractivity contribution in [3.05, 3.63) is 29.8 Å². The quantitative estimate of drug-likeness (QED) is 0.764. The Morgan fingerprint density at radius 2 is 2.20 bits per heavy atom. The van der Waals surface area contributed by atoms with Crippen LogP contribution in [0, 0.1) is 5.92 Å². The molecule has 0 fully saturated rings. The van der Waals surface area contributed by atoms with Crippen molar-refractivity contribution in [2.75, 3.05) is 11.9 Å². The van der Waals surface area contributed by atoms with E-state index in [0.29, 0.717) is 19.4 Å². The van der Waals surface area contributed by atoms with Crippen LogP contribution in [-0.2, 0) is 16.0 Å². The van der Waals surface area contributed by atoms with Crippen molar-refractivity contribution < 1.29 is 14.7 Å². The van der Waals surface area contributed by atoms with E-state index in [-0.39, 0.29) is 11.8 Å². The first-order chi connectivity index (χ1) is 9.61. The maximum Gasteiger partial charge on any atom is 0.326 e. The van der Waals surface area contributed by atoms with Gasteiger partial charge in [0.2, 0.25) is 5.91 Å². The summed E-state index contributed by atoms with van der Waals surface area (Å²) < 4.78 is 0. The lowest BCUT2D eigenvalue weighted by atomic mass is 9.93. The van der Waals surface area contributed by atoms with Gasteiger partial charge in [-0.2, -0.15) is 0 Å². The van der Waals surface area contributed by atoms with E-state index in [9.17, 15) is 9.59 Å². The molecule has 5 nitrogen and oxygen atoms in total. The molecule has 2 rings (SSSR count). The number of nitrogens with one attached hydrogen (secondary N) is 2. The highest BCUT2D eigenvalue weighted by molar-refractivity contribution is 5.86. The van der Waals surface area contributed by atoms with Crippen molar-refractivity contribution in [2.45, 2.75) is 32.2 Å². The molecule has 1 heterocycles. The molecule has 20 heavy (non-hydrogen) atoms. The van der Waals surface area contributed by atoms with Crippen LogP contribution in [0.15, 0.2) is 24.3 Å². The smallest absolute Gasteiger partial charge is 0.326 e. The zero-order valence-electron chi connectivity index (χ0n) is 11.6. The van der Waals surface area contributed by atoms with Gasteiger partial charge < -0.3 is 15.7 Å². The Morgan fingerprint density at radius 1 is 1.45 bits per heavy atom. The minimum Gasteiger partial charge on any atom is -0.480 e. The lowest BCUT2D eigenvalue weighted by molar-refractivity contribution is -0.142. The van der Waals surface area contributed by atoms with Gasteiger partial charge in [-0.05, 0) is 24.5 Å². The summed E-state index contributed by atoms with van der Waals surface area (Å²) in [6.07, 6.45) is 1.83. The number of rotatable bonds is 5. The first-order valence-electron chi connectivity index (χ1n) is 6.96. The van der Waals surface area contributed by atoms with E-state index >= 15 is 0 Å². The average Bonchev–Trinajstić information content (AvgIpc) is 2.46. The molecule has 108 valence electrons. The molecule has 1 unspecified atom stereocenters. The van der Waals surface area contributed by atoms with Gasteiger partial charge in [0.25, 0.3) is 0 Å². The maximum atomic E-state index is 12.2. The van der Waals surface area contributed by atoms with E-state index in [4.69, 9.17) is 5.11 Å². The summed E-state index contributed by atoms with van der Waals surface area (Å²) in [7, 11) is 0. The molecule has 3 N–H and O–H groups in total. The number of carboxylic acid groups (broad SMARTS) is 1. The Hall–Kier alpha value is -2.04. The fourth-order valence-corrected chi connectivity index (χ4v) is 2.46. The monoisotopic (exact) mass is 276 g/mol. The summed E-state index contributed by atoms with van der Waals surface area (Å²) in [5.41, 5.74) is 2.15. The molecule has 0 spiro atoms. The van der Waals surface area contributed by atoms with Gasteiger partial charge in [-0.15, -0.1) is 0 Å². The number of benzene rings is 1. The van der Waals surface area contributed by atoms with Gasteiger partial charge in [-0.1, -0.05) is 31.5 Å². The summed E-state index contributed by atoms with van der Waals surface area (Å²) in [4.78, 5) is 23.3. The van der Waals surface area contributed by atoms with Gasteiger partial charge >= 0.3 is 5.97 Å². The molecule has 1 aliphatic heterocycles. The van der Waals surface area contributed by atoms with Crippen LogP contribution in [0.25, 0.3) is 0 Å². The minimum atomic E-state index is -0.968. The molecular weight excluding hydrogens is 256 g/mol. The molecular formula is C15H20N2O3. The van der Waals surface area contributed by atoms with E-state index < -0.39 is 12.0 Å². The van der Waals surface area contributed by atoms with E-state index in [0.717, 1.165) is 17.7 Å². The van der Waals surface area contributed by atoms with Crippen molar-refractivity contribution in [1.82, 2.24) is 5.32 Å². The highest BCUT2D eigenvalue weighted by atomic mass is 16.4. The minimum absolute atomic E-state index is 0.187. The number of fused-ring (bicyclic) bond motifs is 1. The highest BCUT2D eigenvalue weighted by Crippen LogP contribution is 2.24. The Bertz CT molecular complexity index is 502. The number of amides is 1. The second-order valence-electron chi connectivity index (χ2n) is 5.13. The van der Waals surface area contributed by atoms with Crippen molar-refractivity contribution >= 4 is 17.6 Å². The van der Waals surface area contributed by atoms with Crippen LogP contribution in [-0.4, -0.2) is 29.6 Å². The molecule has 0 bridgehead atoms. The Balaban J connectivity index is 1.99. The number of hydrogen-bond acceptors (Lipinski definition) is 3. The molecule has 1 aliphatic rings. The molecule has 0 radical (unpaired) electrons. The highest BCUT2D eigenvalue weighted by Gasteiger charge is 2.27. The second kappa shape index (κ2) is 6.41. The molecule has 1 aromatic rings. The topological polar surface area (TPSA) is 78.4 Å². The van der Waals surface area contributed by atoms with Crippen LogP contribution in [0.2, 0.25) is 0 Å². The molecule has 0 aromatic heterocycles. The molecule has 1 amide bonds. The molecule has 0 saturated heterocycles. The van der Waals surface area contributed by atoms with Crippen LogP contribution in [0.1, 0.15) is 25.3 Å². The van der Waals surface area contributed by atoms with E-state index in [2.05, 4.69) is 10.6 Å². The van der Waals surface area contributed by atoms with Gasteiger partial charge in [0.05, 0.1) is 5.92 Å². The zero-order chi connectivity index (χ0) is 14.5. The second-order valence-corrected chi connectivity index (χ2v) is 5.13. The third-order valence-corrected chi connectivity index (χ3v) is 3.59. The van der Waals surface area contributed by atoms with Crippen LogP contribution in [0.4, 0.5) is 5.69 Å². The Morgan fingerprint density at radius 3 is 2.90 bits per heavy atom. The fourth-order valence-electron chi connectivity index (χ4n) is 2.46. The third-order valence-electron chi connectivity index (χ3n) is 3.59. The van der Waals surface area contributed by atoms with Gasteiger partial charge in [-0.25, -0.2) is 4.79 Å². The first kappa shape index (κ1) is 14.4. The number of carbonyl (C=O) groups excluding carboxylic acids is 1. The molecule has 0 saturated carbocycles. The Labute approximate surface area is 118 Å². The Kier molecular flexibility index (Phi) is 4.61. The lowest BCUT2D eigenvalue weighted by Crippen LogP contribution is -2.46. The summed E-state index contributed by atoms with van der Waals surface area (Å²) in [5.74, 6) is -1.37. The largest absolute Gasteiger partial charge is 0.480 e. The average molecular weight is 276 g/mol. The summed E-state index contributed by atoms with van der Waals surface area (Å²) in [6.45, 7) is 2.45. The third kappa shape index (κ3) is 3.29. The normalized spacial score (nSPS) is 18.6. The number of carbonyl (C=O) groups is 2. The van der Waals surface area contributed by atoms with Crippen molar-refractivity contribution in [3.8, 4) is 0 Å². The van der Waals surface area contributed by atoms with Crippen molar-refractivity contribution in [3.63, 3.8) is 0 Å². The van der Waals surface area contributed by atoms with Gasteiger partial charge in [0, 0.05) is 12.2 Å².